The fourth-order valence-corrected chi connectivity index (χ4v) is 4.36. The van der Waals surface area contributed by atoms with Gasteiger partial charge in [0.1, 0.15) is 23.1 Å². The molecule has 1 aromatic carbocycles. The van der Waals surface area contributed by atoms with Gasteiger partial charge in [0, 0.05) is 18.7 Å². The number of benzene rings is 1. The van der Waals surface area contributed by atoms with E-state index in [9.17, 15) is 26.4 Å². The van der Waals surface area contributed by atoms with E-state index in [1.54, 1.807) is 0 Å². The molecule has 12 heteroatoms. The first-order chi connectivity index (χ1) is 13.4. The SMILES string of the molecule is CN1C(=N)N[C@](C)(c2cc(NC(=O)c3ccc(F)cn3)c(F)cc2F)CS1(=O)=O. The Morgan fingerprint density at radius 1 is 1.28 bits per heavy atom. The van der Waals surface area contributed by atoms with Crippen LogP contribution in [-0.2, 0) is 15.6 Å². The van der Waals surface area contributed by atoms with Crippen LogP contribution < -0.4 is 10.6 Å². The number of hydrogen-bond donors (Lipinski definition) is 3. The molecule has 1 saturated heterocycles. The van der Waals surface area contributed by atoms with Crippen LogP contribution in [0.5, 0.6) is 0 Å². The van der Waals surface area contributed by atoms with Gasteiger partial charge in [-0.05, 0) is 25.1 Å². The standard InChI is InChI=1S/C17H16F3N5O3S/c1-17(8-29(27,28)25(2)16(21)24-17)10-5-14(12(20)6-11(10)19)23-15(26)13-4-3-9(18)7-22-13/h3-7H,8H2,1-2H3,(H2,21,24)(H,23,26)/t17-/m0/s1. The van der Waals surface area contributed by atoms with Crippen LogP contribution in [0, 0.1) is 22.9 Å². The van der Waals surface area contributed by atoms with E-state index in [-0.39, 0.29) is 11.3 Å². The highest BCUT2D eigenvalue weighted by Gasteiger charge is 2.43. The maximum atomic E-state index is 14.5. The average Bonchev–Trinajstić information content (AvgIpc) is 2.62. The largest absolute Gasteiger partial charge is 0.345 e. The number of rotatable bonds is 3. The lowest BCUT2D eigenvalue weighted by atomic mass is 9.92. The zero-order chi connectivity index (χ0) is 21.6. The molecule has 0 radical (unpaired) electrons. The molecule has 29 heavy (non-hydrogen) atoms. The van der Waals surface area contributed by atoms with E-state index in [4.69, 9.17) is 5.41 Å². The van der Waals surface area contributed by atoms with E-state index >= 15 is 0 Å². The van der Waals surface area contributed by atoms with Crippen LogP contribution in [0.1, 0.15) is 23.0 Å². The molecular weight excluding hydrogens is 411 g/mol. The number of carbonyl (C=O) groups is 1. The van der Waals surface area contributed by atoms with Crippen molar-refractivity contribution in [1.82, 2.24) is 14.6 Å². The van der Waals surface area contributed by atoms with Crippen LogP contribution in [0.2, 0.25) is 0 Å². The quantitative estimate of drug-likeness (QED) is 0.691. The minimum Gasteiger partial charge on any atom is -0.345 e. The Morgan fingerprint density at radius 2 is 1.97 bits per heavy atom. The number of anilines is 1. The molecule has 2 heterocycles. The van der Waals surface area contributed by atoms with E-state index in [1.807, 2.05) is 0 Å². The fraction of sp³-hybridized carbons (Fsp3) is 0.235. The Bertz CT molecular complexity index is 1110. The molecule has 1 atom stereocenters. The van der Waals surface area contributed by atoms with Crippen molar-refractivity contribution in [2.45, 2.75) is 12.5 Å². The molecule has 1 fully saturated rings. The Hall–Kier alpha value is -3.15. The molecule has 1 amide bonds. The molecule has 1 aliphatic heterocycles. The molecule has 1 aromatic heterocycles. The van der Waals surface area contributed by atoms with E-state index < -0.39 is 56.3 Å². The van der Waals surface area contributed by atoms with Gasteiger partial charge in [-0.1, -0.05) is 0 Å². The van der Waals surface area contributed by atoms with Gasteiger partial charge in [-0.3, -0.25) is 10.2 Å². The lowest BCUT2D eigenvalue weighted by Crippen LogP contribution is -2.61. The normalized spacial score (nSPS) is 20.9. The van der Waals surface area contributed by atoms with Gasteiger partial charge >= 0.3 is 0 Å². The summed E-state index contributed by atoms with van der Waals surface area (Å²) in [4.78, 5) is 15.8. The first kappa shape index (κ1) is 20.6. The molecule has 0 spiro atoms. The summed E-state index contributed by atoms with van der Waals surface area (Å²) in [5.41, 5.74) is -2.48. The third-order valence-electron chi connectivity index (χ3n) is 4.46. The van der Waals surface area contributed by atoms with E-state index in [1.165, 1.54) is 14.0 Å². The summed E-state index contributed by atoms with van der Waals surface area (Å²) in [6.45, 7) is 1.34. The van der Waals surface area contributed by atoms with E-state index in [0.29, 0.717) is 10.4 Å². The van der Waals surface area contributed by atoms with Gasteiger partial charge in [0.25, 0.3) is 5.91 Å². The van der Waals surface area contributed by atoms with Gasteiger partial charge < -0.3 is 10.6 Å². The van der Waals surface area contributed by atoms with Crippen LogP contribution >= 0.6 is 0 Å². The zero-order valence-electron chi connectivity index (χ0n) is 15.3. The lowest BCUT2D eigenvalue weighted by molar-refractivity contribution is 0.102. The summed E-state index contributed by atoms with van der Waals surface area (Å²) < 4.78 is 66.9. The number of amides is 1. The number of nitrogens with zero attached hydrogens (tertiary/aromatic N) is 2. The predicted octanol–water partition coefficient (Wildman–Crippen LogP) is 1.77. The Labute approximate surface area is 164 Å². The molecule has 2 aromatic rings. The minimum atomic E-state index is -3.92. The lowest BCUT2D eigenvalue weighted by Gasteiger charge is -2.40. The number of nitrogens with one attached hydrogen (secondary N) is 3. The number of guanidine groups is 1. The van der Waals surface area contributed by atoms with Crippen LogP contribution in [0.3, 0.4) is 0 Å². The highest BCUT2D eigenvalue weighted by Crippen LogP contribution is 2.32. The van der Waals surface area contributed by atoms with Gasteiger partial charge in [0.2, 0.25) is 16.0 Å². The maximum absolute atomic E-state index is 14.5. The Morgan fingerprint density at radius 3 is 2.55 bits per heavy atom. The molecular formula is C17H16F3N5O3S. The second-order valence-electron chi connectivity index (χ2n) is 6.66. The van der Waals surface area contributed by atoms with Crippen molar-refractivity contribution in [3.05, 3.63) is 59.2 Å². The third-order valence-corrected chi connectivity index (χ3v) is 6.42. The molecule has 1 aliphatic rings. The molecule has 3 N–H and O–H groups in total. The van der Waals surface area contributed by atoms with Crippen LogP contribution in [0.25, 0.3) is 0 Å². The molecule has 0 bridgehead atoms. The monoisotopic (exact) mass is 427 g/mol. The van der Waals surface area contributed by atoms with Crippen molar-refractivity contribution in [2.24, 2.45) is 0 Å². The number of carbonyl (C=O) groups excluding carboxylic acids is 1. The number of pyridine rings is 1. The number of sulfonamides is 1. The van der Waals surface area contributed by atoms with Crippen molar-refractivity contribution in [3.8, 4) is 0 Å². The van der Waals surface area contributed by atoms with Crippen molar-refractivity contribution in [3.63, 3.8) is 0 Å². The average molecular weight is 427 g/mol. The summed E-state index contributed by atoms with van der Waals surface area (Å²) in [7, 11) is -2.75. The highest BCUT2D eigenvalue weighted by atomic mass is 32.2. The smallest absolute Gasteiger partial charge is 0.274 e. The molecule has 0 saturated carbocycles. The maximum Gasteiger partial charge on any atom is 0.274 e. The summed E-state index contributed by atoms with van der Waals surface area (Å²) in [6, 6.07) is 3.53. The van der Waals surface area contributed by atoms with Gasteiger partial charge in [0.15, 0.2) is 0 Å². The predicted molar refractivity (Wildman–Crippen MR) is 98.3 cm³/mol. The Balaban J connectivity index is 1.98. The number of halogens is 3. The van der Waals surface area contributed by atoms with Crippen LogP contribution in [-0.4, -0.2) is 42.4 Å². The highest BCUT2D eigenvalue weighted by molar-refractivity contribution is 7.89. The molecule has 3 rings (SSSR count). The summed E-state index contributed by atoms with van der Waals surface area (Å²) in [5.74, 6) is -4.78. The van der Waals surface area contributed by atoms with Gasteiger partial charge in [-0.2, -0.15) is 0 Å². The first-order valence-corrected chi connectivity index (χ1v) is 9.80. The molecule has 154 valence electrons. The second kappa shape index (κ2) is 7.03. The van der Waals surface area contributed by atoms with E-state index in [2.05, 4.69) is 15.6 Å². The molecule has 8 nitrogen and oxygen atoms in total. The summed E-state index contributed by atoms with van der Waals surface area (Å²) in [6.07, 6.45) is 0.807. The van der Waals surface area contributed by atoms with Crippen molar-refractivity contribution < 1.29 is 26.4 Å². The van der Waals surface area contributed by atoms with Gasteiger partial charge in [-0.15, -0.1) is 0 Å². The van der Waals surface area contributed by atoms with Crippen molar-refractivity contribution in [2.75, 3.05) is 18.1 Å². The topological polar surface area (TPSA) is 115 Å². The van der Waals surface area contributed by atoms with Crippen molar-refractivity contribution in [1.29, 1.82) is 5.41 Å². The Kier molecular flexibility index (Phi) is 4.99. The zero-order valence-corrected chi connectivity index (χ0v) is 16.1. The van der Waals surface area contributed by atoms with E-state index in [0.717, 1.165) is 24.4 Å². The molecule has 0 unspecified atom stereocenters. The molecule has 0 aliphatic carbocycles. The second-order valence-corrected chi connectivity index (χ2v) is 8.66. The van der Waals surface area contributed by atoms with Crippen LogP contribution in [0.4, 0.5) is 18.9 Å². The number of hydrogen-bond acceptors (Lipinski definition) is 5. The van der Waals surface area contributed by atoms with Crippen LogP contribution in [0.15, 0.2) is 30.5 Å². The van der Waals surface area contributed by atoms with Gasteiger partial charge in [-0.25, -0.2) is 30.9 Å². The first-order valence-electron chi connectivity index (χ1n) is 8.19. The minimum absolute atomic E-state index is 0.204. The summed E-state index contributed by atoms with van der Waals surface area (Å²) in [5, 5.41) is 12.6. The van der Waals surface area contributed by atoms with Gasteiger partial charge in [0.05, 0.1) is 23.2 Å². The number of aromatic nitrogens is 1. The van der Waals surface area contributed by atoms with Crippen molar-refractivity contribution >= 4 is 27.6 Å². The third kappa shape index (κ3) is 3.88. The summed E-state index contributed by atoms with van der Waals surface area (Å²) >= 11 is 0. The fourth-order valence-electron chi connectivity index (χ4n) is 2.89.